The molecule has 66 valence electrons. The molecule has 12 heavy (non-hydrogen) atoms. The van der Waals surface area contributed by atoms with Gasteiger partial charge in [-0.25, -0.2) is 15.4 Å². The van der Waals surface area contributed by atoms with E-state index in [2.05, 4.69) is 20.3 Å². The first-order valence-corrected chi connectivity index (χ1v) is 4.74. The largest absolute Gasteiger partial charge is 0.278 e. The minimum absolute atomic E-state index is 0.397. The Bertz CT molecular complexity index is 271. The SMILES string of the molecule is CONc1cc(Cl)nc(SC)n1. The van der Waals surface area contributed by atoms with Crippen molar-refractivity contribution >= 4 is 29.2 Å². The second-order valence-electron chi connectivity index (χ2n) is 1.87. The molecule has 0 aliphatic heterocycles. The highest BCUT2D eigenvalue weighted by atomic mass is 35.5. The minimum atomic E-state index is 0.397. The van der Waals surface area contributed by atoms with Crippen molar-refractivity contribution in [3.63, 3.8) is 0 Å². The van der Waals surface area contributed by atoms with Crippen LogP contribution in [0.25, 0.3) is 0 Å². The summed E-state index contributed by atoms with van der Waals surface area (Å²) in [5.74, 6) is 0.557. The first kappa shape index (κ1) is 9.57. The first-order chi connectivity index (χ1) is 5.76. The molecule has 0 saturated carbocycles. The Morgan fingerprint density at radius 2 is 2.33 bits per heavy atom. The van der Waals surface area contributed by atoms with Gasteiger partial charge in [0.15, 0.2) is 11.0 Å². The van der Waals surface area contributed by atoms with E-state index in [1.165, 1.54) is 18.9 Å². The number of nitrogens with one attached hydrogen (secondary N) is 1. The van der Waals surface area contributed by atoms with Crippen LogP contribution in [0.15, 0.2) is 11.2 Å². The van der Waals surface area contributed by atoms with Crippen molar-refractivity contribution in [1.29, 1.82) is 0 Å². The fourth-order valence-electron chi connectivity index (χ4n) is 0.645. The van der Waals surface area contributed by atoms with Gasteiger partial charge in [0, 0.05) is 6.07 Å². The summed E-state index contributed by atoms with van der Waals surface area (Å²) in [4.78, 5) is 12.7. The van der Waals surface area contributed by atoms with E-state index in [1.54, 1.807) is 6.07 Å². The minimum Gasteiger partial charge on any atom is -0.278 e. The van der Waals surface area contributed by atoms with Gasteiger partial charge in [0.2, 0.25) is 0 Å². The fourth-order valence-corrected chi connectivity index (χ4v) is 1.26. The molecule has 0 aliphatic carbocycles. The van der Waals surface area contributed by atoms with Crippen molar-refractivity contribution in [2.45, 2.75) is 5.16 Å². The normalized spacial score (nSPS) is 9.92. The predicted molar refractivity (Wildman–Crippen MR) is 49.5 cm³/mol. The van der Waals surface area contributed by atoms with Gasteiger partial charge >= 0.3 is 0 Å². The zero-order valence-corrected chi connectivity index (χ0v) is 8.24. The van der Waals surface area contributed by atoms with E-state index in [0.717, 1.165) is 0 Å². The van der Waals surface area contributed by atoms with Gasteiger partial charge in [-0.15, -0.1) is 0 Å². The van der Waals surface area contributed by atoms with Gasteiger partial charge in [-0.05, 0) is 6.26 Å². The third-order valence-corrected chi connectivity index (χ3v) is 1.80. The summed E-state index contributed by atoms with van der Waals surface area (Å²) >= 11 is 7.13. The molecule has 0 amide bonds. The summed E-state index contributed by atoms with van der Waals surface area (Å²) in [7, 11) is 1.51. The highest BCUT2D eigenvalue weighted by Crippen LogP contribution is 2.16. The molecular formula is C6H8ClN3OS. The smallest absolute Gasteiger partial charge is 0.190 e. The van der Waals surface area contributed by atoms with Gasteiger partial charge < -0.3 is 0 Å². The van der Waals surface area contributed by atoms with Crippen molar-refractivity contribution < 1.29 is 4.84 Å². The lowest BCUT2D eigenvalue weighted by Gasteiger charge is -2.03. The lowest BCUT2D eigenvalue weighted by Crippen LogP contribution is -2.00. The van der Waals surface area contributed by atoms with E-state index in [0.29, 0.717) is 16.1 Å². The number of hydrogen-bond acceptors (Lipinski definition) is 5. The molecule has 0 saturated heterocycles. The van der Waals surface area contributed by atoms with Crippen LogP contribution in [0.5, 0.6) is 0 Å². The van der Waals surface area contributed by atoms with Crippen LogP contribution in [0.3, 0.4) is 0 Å². The molecule has 1 N–H and O–H groups in total. The Balaban J connectivity index is 2.90. The van der Waals surface area contributed by atoms with Crippen LogP contribution in [-0.4, -0.2) is 23.3 Å². The Labute approximate surface area is 79.6 Å². The topological polar surface area (TPSA) is 47.0 Å². The number of hydrogen-bond donors (Lipinski definition) is 1. The maximum atomic E-state index is 5.70. The van der Waals surface area contributed by atoms with Gasteiger partial charge in [0.1, 0.15) is 5.15 Å². The van der Waals surface area contributed by atoms with Crippen LogP contribution >= 0.6 is 23.4 Å². The lowest BCUT2D eigenvalue weighted by atomic mass is 10.6. The molecule has 0 aliphatic rings. The van der Waals surface area contributed by atoms with Gasteiger partial charge in [-0.3, -0.25) is 4.84 Å². The van der Waals surface area contributed by atoms with Crippen molar-refractivity contribution in [3.05, 3.63) is 11.2 Å². The van der Waals surface area contributed by atoms with E-state index in [-0.39, 0.29) is 0 Å². The highest BCUT2D eigenvalue weighted by molar-refractivity contribution is 7.98. The summed E-state index contributed by atoms with van der Waals surface area (Å²) in [5.41, 5.74) is 2.57. The molecular weight excluding hydrogens is 198 g/mol. The predicted octanol–water partition coefficient (Wildman–Crippen LogP) is 1.83. The van der Waals surface area contributed by atoms with E-state index in [1.807, 2.05) is 6.26 Å². The molecule has 1 aromatic heterocycles. The Morgan fingerprint density at radius 1 is 1.58 bits per heavy atom. The third kappa shape index (κ3) is 2.51. The second kappa shape index (κ2) is 4.49. The van der Waals surface area contributed by atoms with E-state index < -0.39 is 0 Å². The summed E-state index contributed by atoms with van der Waals surface area (Å²) in [6.45, 7) is 0. The molecule has 1 heterocycles. The van der Waals surface area contributed by atoms with Gasteiger partial charge in [-0.2, -0.15) is 0 Å². The average molecular weight is 206 g/mol. The highest BCUT2D eigenvalue weighted by Gasteiger charge is 2.00. The number of nitrogens with zero attached hydrogens (tertiary/aromatic N) is 2. The fraction of sp³-hybridized carbons (Fsp3) is 0.333. The lowest BCUT2D eigenvalue weighted by molar-refractivity contribution is 0.268. The summed E-state index contributed by atoms with van der Waals surface area (Å²) in [5, 5.41) is 1.01. The van der Waals surface area contributed by atoms with Crippen LogP contribution < -0.4 is 5.48 Å². The number of aromatic nitrogens is 2. The van der Waals surface area contributed by atoms with Crippen molar-refractivity contribution in [2.24, 2.45) is 0 Å². The molecule has 1 rings (SSSR count). The van der Waals surface area contributed by atoms with Gasteiger partial charge in [-0.1, -0.05) is 23.4 Å². The Kier molecular flexibility index (Phi) is 3.58. The molecule has 0 spiro atoms. The number of anilines is 1. The van der Waals surface area contributed by atoms with E-state index in [4.69, 9.17) is 11.6 Å². The first-order valence-electron chi connectivity index (χ1n) is 3.14. The third-order valence-electron chi connectivity index (χ3n) is 1.06. The quantitative estimate of drug-likeness (QED) is 0.353. The molecule has 0 fully saturated rings. The van der Waals surface area contributed by atoms with Crippen molar-refractivity contribution in [1.82, 2.24) is 9.97 Å². The van der Waals surface area contributed by atoms with Crippen LogP contribution in [0.1, 0.15) is 0 Å². The molecule has 0 unspecified atom stereocenters. The summed E-state index contributed by atoms with van der Waals surface area (Å²) in [6.07, 6.45) is 1.88. The van der Waals surface area contributed by atoms with Crippen molar-refractivity contribution in [2.75, 3.05) is 18.8 Å². The van der Waals surface area contributed by atoms with Crippen LogP contribution in [0, 0.1) is 0 Å². The molecule has 0 aromatic carbocycles. The molecule has 0 bridgehead atoms. The second-order valence-corrected chi connectivity index (χ2v) is 3.03. The number of thioether (sulfide) groups is 1. The van der Waals surface area contributed by atoms with E-state index in [9.17, 15) is 0 Å². The van der Waals surface area contributed by atoms with Crippen LogP contribution in [-0.2, 0) is 4.84 Å². The molecule has 4 nitrogen and oxygen atoms in total. The standard InChI is InChI=1S/C6H8ClN3OS/c1-11-10-5-3-4(7)8-6(9-5)12-2/h3H,1-2H3,(H,8,9,10). The number of rotatable bonds is 3. The maximum Gasteiger partial charge on any atom is 0.190 e. The van der Waals surface area contributed by atoms with Gasteiger partial charge in [0.25, 0.3) is 0 Å². The van der Waals surface area contributed by atoms with Crippen molar-refractivity contribution in [3.8, 4) is 0 Å². The van der Waals surface area contributed by atoms with Crippen LogP contribution in [0.2, 0.25) is 5.15 Å². The Hall–Kier alpha value is -0.520. The molecule has 1 aromatic rings. The monoisotopic (exact) mass is 205 g/mol. The van der Waals surface area contributed by atoms with E-state index >= 15 is 0 Å². The maximum absolute atomic E-state index is 5.70. The van der Waals surface area contributed by atoms with Crippen LogP contribution in [0.4, 0.5) is 5.82 Å². The average Bonchev–Trinajstić information content (AvgIpc) is 2.04. The Morgan fingerprint density at radius 3 is 2.92 bits per heavy atom. The summed E-state index contributed by atoms with van der Waals surface area (Å²) in [6, 6.07) is 1.59. The summed E-state index contributed by atoms with van der Waals surface area (Å²) < 4.78 is 0. The zero-order valence-electron chi connectivity index (χ0n) is 6.67. The molecule has 0 atom stereocenters. The molecule has 0 radical (unpaired) electrons. The number of halogens is 1. The molecule has 6 heteroatoms. The zero-order chi connectivity index (χ0) is 8.97. The van der Waals surface area contributed by atoms with Gasteiger partial charge in [0.05, 0.1) is 7.11 Å².